The van der Waals surface area contributed by atoms with Crippen molar-refractivity contribution in [3.05, 3.63) is 60.2 Å². The number of oxime groups is 1. The summed E-state index contributed by atoms with van der Waals surface area (Å²) in [6, 6.07) is 17.9. The molecule has 0 spiro atoms. The van der Waals surface area contributed by atoms with Crippen LogP contribution in [-0.2, 0) is 0 Å². The highest BCUT2D eigenvalue weighted by Crippen LogP contribution is 2.29. The molecule has 0 aliphatic carbocycles. The molecule has 1 heterocycles. The van der Waals surface area contributed by atoms with E-state index >= 15 is 0 Å². The minimum atomic E-state index is 0.118. The second-order valence-corrected chi connectivity index (χ2v) is 5.45. The highest BCUT2D eigenvalue weighted by atomic mass is 32.2. The summed E-state index contributed by atoms with van der Waals surface area (Å²) >= 11 is 1.64. The molecule has 0 unspecified atom stereocenters. The second kappa shape index (κ2) is 5.30. The van der Waals surface area contributed by atoms with Crippen LogP contribution < -0.4 is 5.73 Å². The van der Waals surface area contributed by atoms with Gasteiger partial charge in [-0.25, -0.2) is 0 Å². The molecule has 0 saturated carbocycles. The molecule has 1 aromatic heterocycles. The Kier molecular flexibility index (Phi) is 3.35. The molecule has 0 amide bonds. The summed E-state index contributed by atoms with van der Waals surface area (Å²) < 4.78 is 0. The molecule has 3 aromatic rings. The SMILES string of the molecule is N/C(=N/O)c1ccc(Sc2cc3ccccc3[nH]2)cc1. The number of hydrogen-bond donors (Lipinski definition) is 3. The molecule has 0 radical (unpaired) electrons. The van der Waals surface area contributed by atoms with Crippen molar-refractivity contribution in [1.29, 1.82) is 0 Å². The lowest BCUT2D eigenvalue weighted by atomic mass is 10.2. The number of benzene rings is 2. The maximum Gasteiger partial charge on any atom is 0.170 e. The molecule has 4 nitrogen and oxygen atoms in total. The number of nitrogens with two attached hydrogens (primary N) is 1. The monoisotopic (exact) mass is 283 g/mol. The molecule has 0 aliphatic heterocycles. The number of H-pyrrole nitrogens is 1. The van der Waals surface area contributed by atoms with Crippen LogP contribution in [-0.4, -0.2) is 16.0 Å². The zero-order chi connectivity index (χ0) is 13.9. The number of nitrogens with one attached hydrogen (secondary N) is 1. The van der Waals surface area contributed by atoms with Crippen LogP contribution in [0.2, 0.25) is 0 Å². The molecule has 4 N–H and O–H groups in total. The van der Waals surface area contributed by atoms with Crippen LogP contribution in [0.5, 0.6) is 0 Å². The molecule has 0 atom stereocenters. The molecular weight excluding hydrogens is 270 g/mol. The molecule has 0 saturated heterocycles. The molecule has 0 bridgehead atoms. The van der Waals surface area contributed by atoms with Crippen LogP contribution in [0.25, 0.3) is 10.9 Å². The Morgan fingerprint density at radius 1 is 1.10 bits per heavy atom. The molecular formula is C15H13N3OS. The van der Waals surface area contributed by atoms with E-state index in [2.05, 4.69) is 28.3 Å². The van der Waals surface area contributed by atoms with Crippen LogP contribution >= 0.6 is 11.8 Å². The van der Waals surface area contributed by atoms with Crippen molar-refractivity contribution >= 4 is 28.5 Å². The fraction of sp³-hybridized carbons (Fsp3) is 0. The van der Waals surface area contributed by atoms with Crippen LogP contribution in [0.4, 0.5) is 0 Å². The lowest BCUT2D eigenvalue weighted by molar-refractivity contribution is 0.318. The topological polar surface area (TPSA) is 74.4 Å². The van der Waals surface area contributed by atoms with E-state index in [1.165, 1.54) is 5.39 Å². The first-order valence-corrected chi connectivity index (χ1v) is 6.91. The van der Waals surface area contributed by atoms with Gasteiger partial charge in [-0.3, -0.25) is 0 Å². The van der Waals surface area contributed by atoms with E-state index < -0.39 is 0 Å². The third-order valence-electron chi connectivity index (χ3n) is 2.99. The highest BCUT2D eigenvalue weighted by Gasteiger charge is 2.03. The number of aromatic amines is 1. The van der Waals surface area contributed by atoms with Crippen LogP contribution in [0.1, 0.15) is 5.56 Å². The number of aromatic nitrogens is 1. The Hall–Kier alpha value is -2.40. The van der Waals surface area contributed by atoms with Gasteiger partial charge in [-0.2, -0.15) is 0 Å². The maximum atomic E-state index is 8.63. The number of amidine groups is 1. The highest BCUT2D eigenvalue weighted by molar-refractivity contribution is 7.99. The quantitative estimate of drug-likeness (QED) is 0.298. The van der Waals surface area contributed by atoms with E-state index in [4.69, 9.17) is 10.9 Å². The van der Waals surface area contributed by atoms with Gasteiger partial charge < -0.3 is 15.9 Å². The average molecular weight is 283 g/mol. The van der Waals surface area contributed by atoms with Crippen LogP contribution in [0.3, 0.4) is 0 Å². The molecule has 2 aromatic carbocycles. The van der Waals surface area contributed by atoms with Crippen molar-refractivity contribution in [2.75, 3.05) is 0 Å². The predicted molar refractivity (Wildman–Crippen MR) is 81.4 cm³/mol. The first-order chi connectivity index (χ1) is 9.76. The van der Waals surface area contributed by atoms with Crippen molar-refractivity contribution in [3.8, 4) is 0 Å². The minimum absolute atomic E-state index is 0.118. The second-order valence-electron chi connectivity index (χ2n) is 4.33. The molecule has 20 heavy (non-hydrogen) atoms. The summed E-state index contributed by atoms with van der Waals surface area (Å²) in [6.45, 7) is 0. The minimum Gasteiger partial charge on any atom is -0.409 e. The van der Waals surface area contributed by atoms with Crippen molar-refractivity contribution < 1.29 is 5.21 Å². The fourth-order valence-electron chi connectivity index (χ4n) is 1.98. The molecule has 100 valence electrons. The summed E-state index contributed by atoms with van der Waals surface area (Å²) in [5.41, 5.74) is 7.37. The van der Waals surface area contributed by atoms with Gasteiger partial charge in [0.05, 0.1) is 5.03 Å². The van der Waals surface area contributed by atoms with Crippen LogP contribution in [0, 0.1) is 0 Å². The van der Waals surface area contributed by atoms with E-state index in [9.17, 15) is 0 Å². The van der Waals surface area contributed by atoms with Gasteiger partial charge in [0.15, 0.2) is 5.84 Å². The molecule has 0 aliphatic rings. The Balaban J connectivity index is 1.83. The first-order valence-electron chi connectivity index (χ1n) is 6.10. The summed E-state index contributed by atoms with van der Waals surface area (Å²) in [5, 5.41) is 13.9. The van der Waals surface area contributed by atoms with E-state index in [1.807, 2.05) is 36.4 Å². The van der Waals surface area contributed by atoms with Gasteiger partial charge >= 0.3 is 0 Å². The summed E-state index contributed by atoms with van der Waals surface area (Å²) in [5.74, 6) is 0.118. The van der Waals surface area contributed by atoms with E-state index in [-0.39, 0.29) is 5.84 Å². The summed E-state index contributed by atoms with van der Waals surface area (Å²) in [4.78, 5) is 4.46. The predicted octanol–water partition coefficient (Wildman–Crippen LogP) is 3.41. The van der Waals surface area contributed by atoms with Gasteiger partial charge in [0, 0.05) is 21.4 Å². The average Bonchev–Trinajstić information content (AvgIpc) is 2.89. The molecule has 5 heteroatoms. The van der Waals surface area contributed by atoms with Gasteiger partial charge in [-0.15, -0.1) is 0 Å². The fourth-order valence-corrected chi connectivity index (χ4v) is 2.85. The van der Waals surface area contributed by atoms with Crippen molar-refractivity contribution in [1.82, 2.24) is 4.98 Å². The van der Waals surface area contributed by atoms with Gasteiger partial charge in [-0.05, 0) is 24.3 Å². The summed E-state index contributed by atoms with van der Waals surface area (Å²) in [7, 11) is 0. The van der Waals surface area contributed by atoms with E-state index in [0.29, 0.717) is 5.56 Å². The number of para-hydroxylation sites is 1. The van der Waals surface area contributed by atoms with Crippen molar-refractivity contribution in [3.63, 3.8) is 0 Å². The van der Waals surface area contributed by atoms with Crippen molar-refractivity contribution in [2.24, 2.45) is 10.9 Å². The standard InChI is InChI=1S/C15H13N3OS/c16-15(18-19)10-5-7-12(8-6-10)20-14-9-11-3-1-2-4-13(11)17-14/h1-9,17,19H,(H2,16,18). The number of rotatable bonds is 3. The normalized spacial score (nSPS) is 11.9. The van der Waals surface area contributed by atoms with E-state index in [0.717, 1.165) is 15.4 Å². The van der Waals surface area contributed by atoms with Crippen LogP contribution in [0.15, 0.2) is 69.7 Å². The number of nitrogens with zero attached hydrogens (tertiary/aromatic N) is 1. The van der Waals surface area contributed by atoms with Gasteiger partial charge in [0.25, 0.3) is 0 Å². The zero-order valence-electron chi connectivity index (χ0n) is 10.6. The largest absolute Gasteiger partial charge is 0.409 e. The Labute approximate surface area is 120 Å². The molecule has 3 rings (SSSR count). The lowest BCUT2D eigenvalue weighted by Gasteiger charge is -2.01. The first kappa shape index (κ1) is 12.6. The smallest absolute Gasteiger partial charge is 0.170 e. The van der Waals surface area contributed by atoms with Gasteiger partial charge in [0.1, 0.15) is 0 Å². The Bertz CT molecular complexity index is 729. The van der Waals surface area contributed by atoms with Gasteiger partial charge in [-0.1, -0.05) is 47.2 Å². The molecule has 0 fully saturated rings. The lowest BCUT2D eigenvalue weighted by Crippen LogP contribution is -2.12. The number of hydrogen-bond acceptors (Lipinski definition) is 3. The van der Waals surface area contributed by atoms with Crippen molar-refractivity contribution in [2.45, 2.75) is 9.92 Å². The third kappa shape index (κ3) is 2.48. The third-order valence-corrected chi connectivity index (χ3v) is 3.94. The van der Waals surface area contributed by atoms with Gasteiger partial charge in [0.2, 0.25) is 0 Å². The summed E-state index contributed by atoms with van der Waals surface area (Å²) in [6.07, 6.45) is 0. The number of fused-ring (bicyclic) bond motifs is 1. The Morgan fingerprint density at radius 2 is 1.85 bits per heavy atom. The zero-order valence-corrected chi connectivity index (χ0v) is 11.4. The van der Waals surface area contributed by atoms with E-state index in [1.54, 1.807) is 11.8 Å². The maximum absolute atomic E-state index is 8.63. The Morgan fingerprint density at radius 3 is 2.55 bits per heavy atom.